The molecule has 1 aromatic carbocycles. The standard InChI is InChI=1S/C14H17BFNO2/c1-2-3-6-19-14-11(16)7-10(15)13-12(14)9(4-5-18)8-17-13/h5,7-8,17H,2-4,6,15H2,1H3. The zero-order valence-electron chi connectivity index (χ0n) is 11.3. The summed E-state index contributed by atoms with van der Waals surface area (Å²) >= 11 is 0. The van der Waals surface area contributed by atoms with E-state index in [9.17, 15) is 9.18 Å². The van der Waals surface area contributed by atoms with Gasteiger partial charge in [0.15, 0.2) is 11.6 Å². The number of ether oxygens (including phenoxy) is 1. The number of halogens is 1. The lowest BCUT2D eigenvalue weighted by Crippen LogP contribution is -2.09. The summed E-state index contributed by atoms with van der Waals surface area (Å²) in [6.07, 6.45) is 4.69. The topological polar surface area (TPSA) is 42.1 Å². The third-order valence-electron chi connectivity index (χ3n) is 3.19. The Bertz CT molecular complexity index is 595. The predicted octanol–water partition coefficient (Wildman–Crippen LogP) is 1.49. The van der Waals surface area contributed by atoms with Gasteiger partial charge in [-0.15, -0.1) is 0 Å². The molecule has 5 heteroatoms. The molecule has 0 bridgehead atoms. The number of rotatable bonds is 6. The summed E-state index contributed by atoms with van der Waals surface area (Å²) in [6, 6.07) is 1.46. The number of H-pyrrole nitrogens is 1. The first-order valence-electron chi connectivity index (χ1n) is 6.54. The number of fused-ring (bicyclic) bond motifs is 1. The molecular formula is C14H17BFNO2. The van der Waals surface area contributed by atoms with Crippen LogP contribution in [0.15, 0.2) is 12.3 Å². The number of hydrogen-bond donors (Lipinski definition) is 1. The molecular weight excluding hydrogens is 244 g/mol. The number of aldehydes is 1. The maximum atomic E-state index is 14.1. The molecule has 0 amide bonds. The first-order valence-corrected chi connectivity index (χ1v) is 6.54. The van der Waals surface area contributed by atoms with Crippen molar-refractivity contribution in [3.8, 4) is 5.75 Å². The van der Waals surface area contributed by atoms with Gasteiger partial charge in [0.1, 0.15) is 14.1 Å². The Morgan fingerprint density at radius 2 is 2.32 bits per heavy atom. The Morgan fingerprint density at radius 1 is 1.53 bits per heavy atom. The SMILES string of the molecule is Bc1cc(F)c(OCCCC)c2c(CC=O)c[nH]c12. The number of nitrogens with one attached hydrogen (secondary N) is 1. The van der Waals surface area contributed by atoms with Gasteiger partial charge in [-0.3, -0.25) is 0 Å². The number of hydrogen-bond acceptors (Lipinski definition) is 2. The summed E-state index contributed by atoms with van der Waals surface area (Å²) < 4.78 is 19.7. The third-order valence-corrected chi connectivity index (χ3v) is 3.19. The van der Waals surface area contributed by atoms with Crippen molar-refractivity contribution >= 4 is 30.5 Å². The number of benzene rings is 1. The average Bonchev–Trinajstić information content (AvgIpc) is 2.78. The second-order valence-corrected chi connectivity index (χ2v) is 4.64. The lowest BCUT2D eigenvalue weighted by molar-refractivity contribution is -0.107. The highest BCUT2D eigenvalue weighted by atomic mass is 19.1. The van der Waals surface area contributed by atoms with E-state index in [0.717, 1.165) is 35.7 Å². The second kappa shape index (κ2) is 5.91. The van der Waals surface area contributed by atoms with Crippen LogP contribution >= 0.6 is 0 Å². The first kappa shape index (κ1) is 13.7. The molecule has 2 aromatic rings. The van der Waals surface area contributed by atoms with Gasteiger partial charge < -0.3 is 14.5 Å². The normalized spacial score (nSPS) is 10.8. The van der Waals surface area contributed by atoms with Gasteiger partial charge in [0.05, 0.1) is 6.61 Å². The van der Waals surface area contributed by atoms with E-state index in [1.807, 2.05) is 7.85 Å². The molecule has 2 rings (SSSR count). The van der Waals surface area contributed by atoms with Crippen LogP contribution in [0.1, 0.15) is 25.3 Å². The van der Waals surface area contributed by atoms with Crippen LogP contribution in [0.5, 0.6) is 5.75 Å². The molecule has 0 fully saturated rings. The number of aromatic amines is 1. The summed E-state index contributed by atoms with van der Waals surface area (Å²) in [5.74, 6) is -0.111. The fourth-order valence-electron chi connectivity index (χ4n) is 2.19. The van der Waals surface area contributed by atoms with Crippen LogP contribution < -0.4 is 10.2 Å². The average molecular weight is 261 g/mol. The summed E-state index contributed by atoms with van der Waals surface area (Å²) in [7, 11) is 1.84. The van der Waals surface area contributed by atoms with Gasteiger partial charge in [-0.2, -0.15) is 0 Å². The van der Waals surface area contributed by atoms with Crippen molar-refractivity contribution in [1.29, 1.82) is 0 Å². The lowest BCUT2D eigenvalue weighted by Gasteiger charge is -2.11. The van der Waals surface area contributed by atoms with Crippen molar-refractivity contribution in [3.05, 3.63) is 23.6 Å². The van der Waals surface area contributed by atoms with Crippen LogP contribution in [0, 0.1) is 5.82 Å². The molecule has 3 nitrogen and oxygen atoms in total. The minimum atomic E-state index is -0.368. The van der Waals surface area contributed by atoms with Crippen molar-refractivity contribution in [2.75, 3.05) is 6.61 Å². The van der Waals surface area contributed by atoms with E-state index >= 15 is 0 Å². The van der Waals surface area contributed by atoms with Crippen molar-refractivity contribution in [1.82, 2.24) is 4.98 Å². The van der Waals surface area contributed by atoms with Crippen LogP contribution in [-0.4, -0.2) is 25.7 Å². The van der Waals surface area contributed by atoms with E-state index < -0.39 is 0 Å². The second-order valence-electron chi connectivity index (χ2n) is 4.64. The summed E-state index contributed by atoms with van der Waals surface area (Å²) in [4.78, 5) is 13.8. The van der Waals surface area contributed by atoms with Crippen molar-refractivity contribution in [2.24, 2.45) is 0 Å². The molecule has 19 heavy (non-hydrogen) atoms. The van der Waals surface area contributed by atoms with Crippen LogP contribution in [0.3, 0.4) is 0 Å². The van der Waals surface area contributed by atoms with Crippen molar-refractivity contribution in [2.45, 2.75) is 26.2 Å². The van der Waals surface area contributed by atoms with E-state index in [-0.39, 0.29) is 18.0 Å². The highest BCUT2D eigenvalue weighted by Crippen LogP contribution is 2.30. The zero-order valence-corrected chi connectivity index (χ0v) is 11.3. The third kappa shape index (κ3) is 2.65. The highest BCUT2D eigenvalue weighted by molar-refractivity contribution is 6.38. The summed E-state index contributed by atoms with van der Waals surface area (Å²) in [6.45, 7) is 2.54. The van der Waals surface area contributed by atoms with Gasteiger partial charge >= 0.3 is 0 Å². The van der Waals surface area contributed by atoms with Gasteiger partial charge in [0.25, 0.3) is 0 Å². The fraction of sp³-hybridized carbons (Fsp3) is 0.357. The van der Waals surface area contributed by atoms with Crippen molar-refractivity contribution < 1.29 is 13.9 Å². The molecule has 0 saturated heterocycles. The van der Waals surface area contributed by atoms with Crippen LogP contribution in [0.4, 0.5) is 4.39 Å². The van der Waals surface area contributed by atoms with E-state index in [4.69, 9.17) is 4.74 Å². The summed E-state index contributed by atoms with van der Waals surface area (Å²) in [5, 5.41) is 0.695. The fourth-order valence-corrected chi connectivity index (χ4v) is 2.19. The molecule has 100 valence electrons. The first-order chi connectivity index (χ1) is 9.19. The van der Waals surface area contributed by atoms with E-state index in [1.54, 1.807) is 6.20 Å². The van der Waals surface area contributed by atoms with Crippen LogP contribution in [0.25, 0.3) is 10.9 Å². The smallest absolute Gasteiger partial charge is 0.165 e. The molecule has 1 heterocycles. The Kier molecular flexibility index (Phi) is 4.25. The van der Waals surface area contributed by atoms with E-state index in [2.05, 4.69) is 11.9 Å². The number of unbranched alkanes of at least 4 members (excludes halogenated alkanes) is 1. The van der Waals surface area contributed by atoms with Crippen LogP contribution in [0.2, 0.25) is 0 Å². The monoisotopic (exact) mass is 261 g/mol. The Labute approximate surface area is 112 Å². The molecule has 0 saturated carbocycles. The van der Waals surface area contributed by atoms with E-state index in [0.29, 0.717) is 12.0 Å². The number of aromatic nitrogens is 1. The lowest BCUT2D eigenvalue weighted by atomic mass is 9.92. The van der Waals surface area contributed by atoms with E-state index in [1.165, 1.54) is 6.07 Å². The Hall–Kier alpha value is -1.78. The minimum absolute atomic E-state index is 0.257. The molecule has 1 aromatic heterocycles. The molecule has 0 radical (unpaired) electrons. The Balaban J connectivity index is 2.52. The van der Waals surface area contributed by atoms with Gasteiger partial charge in [-0.1, -0.05) is 18.8 Å². The quantitative estimate of drug-likeness (QED) is 0.486. The van der Waals surface area contributed by atoms with Crippen molar-refractivity contribution in [3.63, 3.8) is 0 Å². The molecule has 0 aliphatic carbocycles. The van der Waals surface area contributed by atoms with Gasteiger partial charge in [-0.25, -0.2) is 4.39 Å². The Morgan fingerprint density at radius 3 is 3.00 bits per heavy atom. The summed E-state index contributed by atoms with van der Waals surface area (Å²) in [5.41, 5.74) is 2.43. The van der Waals surface area contributed by atoms with Crippen LogP contribution in [-0.2, 0) is 11.2 Å². The largest absolute Gasteiger partial charge is 0.490 e. The van der Waals surface area contributed by atoms with Gasteiger partial charge in [0, 0.05) is 23.5 Å². The maximum Gasteiger partial charge on any atom is 0.165 e. The molecule has 0 unspecified atom stereocenters. The minimum Gasteiger partial charge on any atom is -0.490 e. The molecule has 0 aliphatic rings. The van der Waals surface area contributed by atoms with Gasteiger partial charge in [-0.05, 0) is 18.1 Å². The molecule has 1 N–H and O–H groups in total. The predicted molar refractivity (Wildman–Crippen MR) is 76.6 cm³/mol. The molecule has 0 aliphatic heterocycles. The molecule has 0 atom stereocenters. The molecule has 0 spiro atoms. The van der Waals surface area contributed by atoms with Gasteiger partial charge in [0.2, 0.25) is 0 Å². The zero-order chi connectivity index (χ0) is 13.8. The maximum absolute atomic E-state index is 14.1. The highest BCUT2D eigenvalue weighted by Gasteiger charge is 2.16. The number of carbonyl (C=O) groups is 1. The number of carbonyl (C=O) groups excluding carboxylic acids is 1.